The molecule has 0 aliphatic rings. The van der Waals surface area contributed by atoms with E-state index in [1.807, 2.05) is 0 Å². The van der Waals surface area contributed by atoms with E-state index < -0.39 is 0 Å². The lowest BCUT2D eigenvalue weighted by molar-refractivity contribution is 0.265. The number of aryl methyl sites for hydroxylation is 2. The topological polar surface area (TPSA) is 46.2 Å². The Bertz CT molecular complexity index is 263. The van der Waals surface area contributed by atoms with Gasteiger partial charge in [-0.25, -0.2) is 0 Å². The Labute approximate surface area is 79.4 Å². The zero-order valence-corrected chi connectivity index (χ0v) is 8.25. The summed E-state index contributed by atoms with van der Waals surface area (Å²) < 4.78 is 0. The van der Waals surface area contributed by atoms with Crippen LogP contribution in [0.4, 0.5) is 0 Å². The quantitative estimate of drug-likeness (QED) is 0.731. The minimum atomic E-state index is -0.138. The SMILES string of the molecule is Cc1cc(C)cc(CC(N)CO)c1. The molecule has 1 rings (SSSR count). The van der Waals surface area contributed by atoms with Crippen LogP contribution in [0.3, 0.4) is 0 Å². The molecule has 1 unspecified atom stereocenters. The van der Waals surface area contributed by atoms with Crippen LogP contribution in [0, 0.1) is 13.8 Å². The predicted octanol–water partition coefficient (Wildman–Crippen LogP) is 1.17. The van der Waals surface area contributed by atoms with E-state index in [-0.39, 0.29) is 12.6 Å². The van der Waals surface area contributed by atoms with Crippen LogP contribution >= 0.6 is 0 Å². The summed E-state index contributed by atoms with van der Waals surface area (Å²) in [5.41, 5.74) is 9.36. The molecule has 2 heteroatoms. The fourth-order valence-corrected chi connectivity index (χ4v) is 1.55. The Balaban J connectivity index is 2.77. The standard InChI is InChI=1S/C11H17NO/c1-8-3-9(2)5-10(4-8)6-11(12)7-13/h3-5,11,13H,6-7,12H2,1-2H3. The summed E-state index contributed by atoms with van der Waals surface area (Å²) in [5.74, 6) is 0. The molecule has 72 valence electrons. The zero-order valence-electron chi connectivity index (χ0n) is 8.25. The first kappa shape index (κ1) is 10.2. The first-order chi connectivity index (χ1) is 6.11. The number of benzene rings is 1. The smallest absolute Gasteiger partial charge is 0.0585 e. The highest BCUT2D eigenvalue weighted by Gasteiger charge is 2.02. The molecule has 0 aliphatic carbocycles. The normalized spacial score (nSPS) is 12.9. The summed E-state index contributed by atoms with van der Waals surface area (Å²) in [7, 11) is 0. The largest absolute Gasteiger partial charge is 0.395 e. The van der Waals surface area contributed by atoms with E-state index in [1.54, 1.807) is 0 Å². The van der Waals surface area contributed by atoms with E-state index in [4.69, 9.17) is 10.8 Å². The van der Waals surface area contributed by atoms with Crippen molar-refractivity contribution >= 4 is 0 Å². The summed E-state index contributed by atoms with van der Waals surface area (Å²) in [6.07, 6.45) is 0.749. The molecule has 3 N–H and O–H groups in total. The third kappa shape index (κ3) is 3.17. The van der Waals surface area contributed by atoms with Gasteiger partial charge in [-0.05, 0) is 25.8 Å². The monoisotopic (exact) mass is 179 g/mol. The number of aliphatic hydroxyl groups excluding tert-OH is 1. The van der Waals surface area contributed by atoms with E-state index in [2.05, 4.69) is 32.0 Å². The maximum atomic E-state index is 8.81. The average Bonchev–Trinajstić information content (AvgIpc) is 2.02. The molecular formula is C11H17NO. The van der Waals surface area contributed by atoms with Crippen molar-refractivity contribution in [1.82, 2.24) is 0 Å². The van der Waals surface area contributed by atoms with Crippen molar-refractivity contribution in [3.8, 4) is 0 Å². The highest BCUT2D eigenvalue weighted by atomic mass is 16.3. The molecule has 0 fully saturated rings. The third-order valence-electron chi connectivity index (χ3n) is 2.01. The minimum absolute atomic E-state index is 0.0486. The van der Waals surface area contributed by atoms with Gasteiger partial charge in [-0.2, -0.15) is 0 Å². The lowest BCUT2D eigenvalue weighted by Gasteiger charge is -2.09. The minimum Gasteiger partial charge on any atom is -0.395 e. The van der Waals surface area contributed by atoms with Gasteiger partial charge in [-0.1, -0.05) is 29.3 Å². The molecule has 0 amide bonds. The first-order valence-electron chi connectivity index (χ1n) is 4.55. The lowest BCUT2D eigenvalue weighted by atomic mass is 10.0. The van der Waals surface area contributed by atoms with Crippen molar-refractivity contribution in [2.24, 2.45) is 5.73 Å². The van der Waals surface area contributed by atoms with Gasteiger partial charge >= 0.3 is 0 Å². The zero-order chi connectivity index (χ0) is 9.84. The van der Waals surface area contributed by atoms with Gasteiger partial charge in [0.05, 0.1) is 6.61 Å². The number of nitrogens with two attached hydrogens (primary N) is 1. The van der Waals surface area contributed by atoms with Crippen LogP contribution in [-0.4, -0.2) is 17.8 Å². The molecule has 0 bridgehead atoms. The molecule has 13 heavy (non-hydrogen) atoms. The summed E-state index contributed by atoms with van der Waals surface area (Å²) in [4.78, 5) is 0. The number of aliphatic hydroxyl groups is 1. The van der Waals surface area contributed by atoms with E-state index in [0.29, 0.717) is 0 Å². The molecule has 0 heterocycles. The van der Waals surface area contributed by atoms with E-state index >= 15 is 0 Å². The van der Waals surface area contributed by atoms with Crippen molar-refractivity contribution < 1.29 is 5.11 Å². The summed E-state index contributed by atoms with van der Waals surface area (Å²) in [5, 5.41) is 8.81. The molecular weight excluding hydrogens is 162 g/mol. The molecule has 1 aromatic carbocycles. The summed E-state index contributed by atoms with van der Waals surface area (Å²) in [6.45, 7) is 4.19. The van der Waals surface area contributed by atoms with E-state index in [0.717, 1.165) is 6.42 Å². The fourth-order valence-electron chi connectivity index (χ4n) is 1.55. The van der Waals surface area contributed by atoms with Crippen LogP contribution < -0.4 is 5.73 Å². The second kappa shape index (κ2) is 4.40. The molecule has 0 spiro atoms. The van der Waals surface area contributed by atoms with Crippen LogP contribution in [0.1, 0.15) is 16.7 Å². The van der Waals surface area contributed by atoms with Crippen LogP contribution in [0.5, 0.6) is 0 Å². The van der Waals surface area contributed by atoms with Gasteiger partial charge in [0.25, 0.3) is 0 Å². The Hall–Kier alpha value is -0.860. The predicted molar refractivity (Wildman–Crippen MR) is 54.7 cm³/mol. The van der Waals surface area contributed by atoms with Gasteiger partial charge in [0.1, 0.15) is 0 Å². The maximum absolute atomic E-state index is 8.81. The van der Waals surface area contributed by atoms with Gasteiger partial charge in [-0.15, -0.1) is 0 Å². The van der Waals surface area contributed by atoms with Crippen molar-refractivity contribution in [2.75, 3.05) is 6.61 Å². The fraction of sp³-hybridized carbons (Fsp3) is 0.455. The summed E-state index contributed by atoms with van der Waals surface area (Å²) in [6, 6.07) is 6.22. The molecule has 0 saturated heterocycles. The van der Waals surface area contributed by atoms with Gasteiger partial charge in [0.2, 0.25) is 0 Å². The Morgan fingerprint density at radius 1 is 1.23 bits per heavy atom. The van der Waals surface area contributed by atoms with Crippen LogP contribution in [0.15, 0.2) is 18.2 Å². The number of hydrogen-bond acceptors (Lipinski definition) is 2. The second-order valence-corrected chi connectivity index (χ2v) is 3.64. The van der Waals surface area contributed by atoms with Gasteiger partial charge in [0.15, 0.2) is 0 Å². The van der Waals surface area contributed by atoms with Crippen LogP contribution in [-0.2, 0) is 6.42 Å². The molecule has 0 radical (unpaired) electrons. The van der Waals surface area contributed by atoms with Crippen molar-refractivity contribution in [3.63, 3.8) is 0 Å². The maximum Gasteiger partial charge on any atom is 0.0585 e. The molecule has 0 aromatic heterocycles. The van der Waals surface area contributed by atoms with Crippen molar-refractivity contribution in [2.45, 2.75) is 26.3 Å². The summed E-state index contributed by atoms with van der Waals surface area (Å²) >= 11 is 0. The average molecular weight is 179 g/mol. The second-order valence-electron chi connectivity index (χ2n) is 3.64. The van der Waals surface area contributed by atoms with Crippen molar-refractivity contribution in [3.05, 3.63) is 34.9 Å². The lowest BCUT2D eigenvalue weighted by Crippen LogP contribution is -2.26. The first-order valence-corrected chi connectivity index (χ1v) is 4.55. The molecule has 1 atom stereocenters. The Morgan fingerprint density at radius 3 is 2.23 bits per heavy atom. The molecule has 0 saturated carbocycles. The van der Waals surface area contributed by atoms with Crippen LogP contribution in [0.25, 0.3) is 0 Å². The van der Waals surface area contributed by atoms with E-state index in [9.17, 15) is 0 Å². The Kier molecular flexibility index (Phi) is 3.46. The van der Waals surface area contributed by atoms with Gasteiger partial charge in [-0.3, -0.25) is 0 Å². The third-order valence-corrected chi connectivity index (χ3v) is 2.01. The molecule has 0 aliphatic heterocycles. The van der Waals surface area contributed by atoms with Crippen molar-refractivity contribution in [1.29, 1.82) is 0 Å². The highest BCUT2D eigenvalue weighted by Crippen LogP contribution is 2.10. The Morgan fingerprint density at radius 2 is 1.77 bits per heavy atom. The van der Waals surface area contributed by atoms with E-state index in [1.165, 1.54) is 16.7 Å². The van der Waals surface area contributed by atoms with Crippen LogP contribution in [0.2, 0.25) is 0 Å². The molecule has 1 aromatic rings. The van der Waals surface area contributed by atoms with Gasteiger partial charge < -0.3 is 10.8 Å². The highest BCUT2D eigenvalue weighted by molar-refractivity contribution is 5.29. The molecule has 2 nitrogen and oxygen atoms in total. The van der Waals surface area contributed by atoms with Gasteiger partial charge in [0, 0.05) is 6.04 Å². The number of rotatable bonds is 3. The number of hydrogen-bond donors (Lipinski definition) is 2.